The summed E-state index contributed by atoms with van der Waals surface area (Å²) in [5.41, 5.74) is 1.47. The third-order valence-electron chi connectivity index (χ3n) is 2.90. The number of carbonyl (C=O) groups excluding carboxylic acids is 1. The average molecular weight is 270 g/mol. The number of benzene rings is 2. The number of rotatable bonds is 2. The van der Waals surface area contributed by atoms with E-state index < -0.39 is 0 Å². The minimum atomic E-state index is 0.0752. The Balaban J connectivity index is 0.000000224. The van der Waals surface area contributed by atoms with E-state index in [1.807, 2.05) is 60.7 Å². The molecule has 2 aromatic rings. The Morgan fingerprint density at radius 1 is 0.737 bits per heavy atom. The summed E-state index contributed by atoms with van der Waals surface area (Å²) in [5.74, 6) is 2.91. The SMILES string of the molecule is C1CCSC1.O=C(c1ccccc1)c1ccccc1. The van der Waals surface area contributed by atoms with Crippen LogP contribution in [0.2, 0.25) is 0 Å². The fraction of sp³-hybridized carbons (Fsp3) is 0.235. The van der Waals surface area contributed by atoms with Gasteiger partial charge in [-0.25, -0.2) is 0 Å². The highest BCUT2D eigenvalue weighted by molar-refractivity contribution is 7.99. The quantitative estimate of drug-likeness (QED) is 0.751. The van der Waals surface area contributed by atoms with Gasteiger partial charge in [0.1, 0.15) is 0 Å². The van der Waals surface area contributed by atoms with E-state index in [0.717, 1.165) is 11.1 Å². The van der Waals surface area contributed by atoms with Gasteiger partial charge in [0.25, 0.3) is 0 Å². The van der Waals surface area contributed by atoms with Crippen molar-refractivity contribution in [3.05, 3.63) is 71.8 Å². The largest absolute Gasteiger partial charge is 0.289 e. The van der Waals surface area contributed by atoms with Crippen LogP contribution in [-0.2, 0) is 0 Å². The van der Waals surface area contributed by atoms with Crippen LogP contribution in [0.25, 0.3) is 0 Å². The molecular weight excluding hydrogens is 252 g/mol. The Morgan fingerprint density at radius 3 is 1.47 bits per heavy atom. The lowest BCUT2D eigenvalue weighted by atomic mass is 10.0. The molecule has 0 atom stereocenters. The maximum absolute atomic E-state index is 11.8. The van der Waals surface area contributed by atoms with Crippen molar-refractivity contribution in [3.8, 4) is 0 Å². The summed E-state index contributed by atoms with van der Waals surface area (Å²) in [6.07, 6.45) is 2.93. The summed E-state index contributed by atoms with van der Waals surface area (Å²) in [6.45, 7) is 0. The standard InChI is InChI=1S/C13H10O.C4H8S/c14-13(11-7-3-1-4-8-11)12-9-5-2-6-10-12;1-2-4-5-3-1/h1-10H;1-4H2. The molecule has 0 aromatic heterocycles. The van der Waals surface area contributed by atoms with Crippen molar-refractivity contribution in [1.82, 2.24) is 0 Å². The lowest BCUT2D eigenvalue weighted by molar-refractivity contribution is 0.103. The smallest absolute Gasteiger partial charge is 0.193 e. The first-order chi connectivity index (χ1) is 9.38. The topological polar surface area (TPSA) is 17.1 Å². The second kappa shape index (κ2) is 7.80. The van der Waals surface area contributed by atoms with E-state index in [1.165, 1.54) is 24.3 Å². The van der Waals surface area contributed by atoms with E-state index in [1.54, 1.807) is 0 Å². The van der Waals surface area contributed by atoms with Crippen molar-refractivity contribution in [2.45, 2.75) is 12.8 Å². The van der Waals surface area contributed by atoms with Crippen LogP contribution in [0.5, 0.6) is 0 Å². The lowest BCUT2D eigenvalue weighted by Crippen LogP contribution is -1.99. The van der Waals surface area contributed by atoms with Gasteiger partial charge in [0, 0.05) is 11.1 Å². The van der Waals surface area contributed by atoms with E-state index in [9.17, 15) is 4.79 Å². The van der Waals surface area contributed by atoms with Crippen molar-refractivity contribution >= 4 is 17.5 Å². The van der Waals surface area contributed by atoms with Gasteiger partial charge in [0.05, 0.1) is 0 Å². The van der Waals surface area contributed by atoms with Gasteiger partial charge in [-0.15, -0.1) is 0 Å². The summed E-state index contributed by atoms with van der Waals surface area (Å²) in [5, 5.41) is 0. The maximum Gasteiger partial charge on any atom is 0.193 e. The zero-order valence-electron chi connectivity index (χ0n) is 10.9. The summed E-state index contributed by atoms with van der Waals surface area (Å²) in [6, 6.07) is 18.6. The van der Waals surface area contributed by atoms with Crippen LogP contribution in [0.4, 0.5) is 0 Å². The van der Waals surface area contributed by atoms with Crippen LogP contribution < -0.4 is 0 Å². The van der Waals surface area contributed by atoms with Crippen LogP contribution in [0.1, 0.15) is 28.8 Å². The molecule has 0 spiro atoms. The van der Waals surface area contributed by atoms with Crippen LogP contribution >= 0.6 is 11.8 Å². The number of carbonyl (C=O) groups is 1. The van der Waals surface area contributed by atoms with Gasteiger partial charge in [-0.2, -0.15) is 11.8 Å². The molecule has 1 aliphatic rings. The second-order valence-electron chi connectivity index (χ2n) is 4.38. The second-order valence-corrected chi connectivity index (χ2v) is 5.61. The molecular formula is C17H18OS. The van der Waals surface area contributed by atoms with Gasteiger partial charge in [-0.1, -0.05) is 60.7 Å². The molecule has 1 heterocycles. The van der Waals surface area contributed by atoms with E-state index >= 15 is 0 Å². The molecule has 1 aliphatic heterocycles. The van der Waals surface area contributed by atoms with Crippen molar-refractivity contribution in [1.29, 1.82) is 0 Å². The molecule has 0 unspecified atom stereocenters. The third-order valence-corrected chi connectivity index (χ3v) is 4.05. The van der Waals surface area contributed by atoms with Gasteiger partial charge in [0.15, 0.2) is 5.78 Å². The van der Waals surface area contributed by atoms with E-state index in [-0.39, 0.29) is 5.78 Å². The Morgan fingerprint density at radius 2 is 1.16 bits per heavy atom. The minimum absolute atomic E-state index is 0.0752. The molecule has 19 heavy (non-hydrogen) atoms. The zero-order chi connectivity index (χ0) is 13.3. The molecule has 2 heteroatoms. The molecule has 98 valence electrons. The lowest BCUT2D eigenvalue weighted by Gasteiger charge is -1.99. The Hall–Kier alpha value is -1.54. The van der Waals surface area contributed by atoms with Crippen molar-refractivity contribution in [3.63, 3.8) is 0 Å². The summed E-state index contributed by atoms with van der Waals surface area (Å²) >= 11 is 2.07. The normalized spacial score (nSPS) is 13.5. The zero-order valence-corrected chi connectivity index (χ0v) is 11.7. The summed E-state index contributed by atoms with van der Waals surface area (Å²) < 4.78 is 0. The molecule has 1 nitrogen and oxygen atoms in total. The van der Waals surface area contributed by atoms with Gasteiger partial charge in [-0.05, 0) is 24.3 Å². The van der Waals surface area contributed by atoms with Crippen LogP contribution in [0.3, 0.4) is 0 Å². The number of hydrogen-bond donors (Lipinski definition) is 0. The van der Waals surface area contributed by atoms with Crippen molar-refractivity contribution in [2.75, 3.05) is 11.5 Å². The molecule has 2 aromatic carbocycles. The molecule has 1 saturated heterocycles. The van der Waals surface area contributed by atoms with Crippen molar-refractivity contribution in [2.24, 2.45) is 0 Å². The summed E-state index contributed by atoms with van der Waals surface area (Å²) in [7, 11) is 0. The van der Waals surface area contributed by atoms with Crippen LogP contribution in [0.15, 0.2) is 60.7 Å². The van der Waals surface area contributed by atoms with Crippen LogP contribution in [-0.4, -0.2) is 17.3 Å². The van der Waals surface area contributed by atoms with Gasteiger partial charge in [0.2, 0.25) is 0 Å². The predicted molar refractivity (Wildman–Crippen MR) is 82.9 cm³/mol. The molecule has 3 rings (SSSR count). The maximum atomic E-state index is 11.8. The average Bonchev–Trinajstić information content (AvgIpc) is 3.08. The van der Waals surface area contributed by atoms with Gasteiger partial charge < -0.3 is 0 Å². The highest BCUT2D eigenvalue weighted by Gasteiger charge is 2.06. The Kier molecular flexibility index (Phi) is 5.70. The monoisotopic (exact) mass is 270 g/mol. The number of ketones is 1. The molecule has 1 fully saturated rings. The number of hydrogen-bond acceptors (Lipinski definition) is 2. The summed E-state index contributed by atoms with van der Waals surface area (Å²) in [4.78, 5) is 11.8. The first-order valence-electron chi connectivity index (χ1n) is 6.60. The van der Waals surface area contributed by atoms with E-state index in [4.69, 9.17) is 0 Å². The molecule has 0 aliphatic carbocycles. The molecule has 0 saturated carbocycles. The van der Waals surface area contributed by atoms with E-state index in [2.05, 4.69) is 11.8 Å². The van der Waals surface area contributed by atoms with Crippen molar-refractivity contribution < 1.29 is 4.79 Å². The Labute approximate surface area is 119 Å². The van der Waals surface area contributed by atoms with Gasteiger partial charge >= 0.3 is 0 Å². The highest BCUT2D eigenvalue weighted by atomic mass is 32.2. The Bertz CT molecular complexity index is 440. The third kappa shape index (κ3) is 4.56. The predicted octanol–water partition coefficient (Wildman–Crippen LogP) is 4.43. The first-order valence-corrected chi connectivity index (χ1v) is 7.76. The molecule has 0 N–H and O–H groups in total. The fourth-order valence-electron chi connectivity index (χ4n) is 1.86. The fourth-order valence-corrected chi connectivity index (χ4v) is 2.88. The van der Waals surface area contributed by atoms with Gasteiger partial charge in [-0.3, -0.25) is 4.79 Å². The minimum Gasteiger partial charge on any atom is -0.289 e. The van der Waals surface area contributed by atoms with E-state index in [0.29, 0.717) is 0 Å². The number of thioether (sulfide) groups is 1. The highest BCUT2D eigenvalue weighted by Crippen LogP contribution is 2.14. The van der Waals surface area contributed by atoms with Crippen LogP contribution in [0, 0.1) is 0 Å². The molecule has 0 amide bonds. The molecule has 0 radical (unpaired) electrons. The molecule has 0 bridgehead atoms. The first kappa shape index (κ1) is 13.9.